The predicted octanol–water partition coefficient (Wildman–Crippen LogP) is 9.69. The number of pyridine rings is 2. The number of β-lactam (4-membered cyclic amide) rings is 2. The second kappa shape index (κ2) is 23.2. The Balaban J connectivity index is 0.000000188. The van der Waals surface area contributed by atoms with E-state index in [0.717, 1.165) is 22.3 Å². The lowest BCUT2D eigenvalue weighted by Crippen LogP contribution is -2.58. The van der Waals surface area contributed by atoms with Gasteiger partial charge in [-0.25, -0.2) is 14.4 Å². The molecular weight excluding hydrogens is 1020 g/mol. The summed E-state index contributed by atoms with van der Waals surface area (Å²) in [5, 5.41) is 21.2. The third kappa shape index (κ3) is 11.1. The van der Waals surface area contributed by atoms with Crippen LogP contribution in [0.2, 0.25) is 0 Å². The summed E-state index contributed by atoms with van der Waals surface area (Å²) in [5.41, 5.74) is 3.57. The quantitative estimate of drug-likeness (QED) is 0.0192. The first-order valence-electron chi connectivity index (χ1n) is 26.0. The number of aromatic nitrogens is 2. The van der Waals surface area contributed by atoms with Gasteiger partial charge in [-0.1, -0.05) is 147 Å². The van der Waals surface area contributed by atoms with Crippen LogP contribution in [0.5, 0.6) is 5.75 Å². The SMILES string of the molecule is C[C@@]1(CO)CC2/C(=C\c3ccccn3)C(=O)N2[C@H]1C(=O)OC(c1ccccc1)c1ccccc1.C[C@@]1(COC(=O)Oc2ccc([N+](=O)[O-])cc2)CC2/C(=C\c3ccccn3)C(=O)N2[C@H]1C(=O)OC(c1ccccc1)c1ccccc1. The summed E-state index contributed by atoms with van der Waals surface area (Å²) in [4.78, 5) is 89.2. The van der Waals surface area contributed by atoms with Gasteiger partial charge in [0.15, 0.2) is 12.2 Å². The molecule has 4 aliphatic rings. The number of hydrogen-bond acceptors (Lipinski definition) is 14. The molecule has 7 aromatic rings. The molecule has 0 spiro atoms. The molecule has 80 heavy (non-hydrogen) atoms. The third-order valence-corrected chi connectivity index (χ3v) is 15.0. The number of aliphatic hydroxyl groups is 1. The van der Waals surface area contributed by atoms with E-state index in [1.54, 1.807) is 48.5 Å². The normalized spacial score (nSPS) is 22.6. The number of ether oxygens (including phenoxy) is 4. The highest BCUT2D eigenvalue weighted by atomic mass is 16.7. The van der Waals surface area contributed by atoms with Gasteiger partial charge in [-0.05, 0) is 83.6 Å². The minimum absolute atomic E-state index is 0.0521. The number of aliphatic hydroxyl groups excluding tert-OH is 1. The van der Waals surface area contributed by atoms with E-state index in [9.17, 15) is 39.2 Å². The maximum Gasteiger partial charge on any atom is 0.513 e. The number of benzene rings is 5. The van der Waals surface area contributed by atoms with Crippen molar-refractivity contribution in [1.29, 1.82) is 0 Å². The zero-order valence-corrected chi connectivity index (χ0v) is 43.6. The molecule has 17 heteroatoms. The minimum atomic E-state index is -1.08. The number of fused-ring (bicyclic) bond motifs is 2. The van der Waals surface area contributed by atoms with Gasteiger partial charge in [0.2, 0.25) is 0 Å². The van der Waals surface area contributed by atoms with Crippen LogP contribution in [-0.2, 0) is 33.4 Å². The molecule has 1 N–H and O–H groups in total. The van der Waals surface area contributed by atoms with Crippen LogP contribution in [0.15, 0.2) is 206 Å². The van der Waals surface area contributed by atoms with Gasteiger partial charge in [0.1, 0.15) is 24.4 Å². The zero-order valence-electron chi connectivity index (χ0n) is 43.6. The average molecular weight is 1070 g/mol. The van der Waals surface area contributed by atoms with Crippen molar-refractivity contribution in [2.24, 2.45) is 10.8 Å². The van der Waals surface area contributed by atoms with Crippen LogP contribution in [0.25, 0.3) is 12.2 Å². The van der Waals surface area contributed by atoms with Gasteiger partial charge in [0, 0.05) is 46.5 Å². The Labute approximate surface area is 460 Å². The topological polar surface area (TPSA) is 218 Å². The van der Waals surface area contributed by atoms with Crippen molar-refractivity contribution in [2.75, 3.05) is 13.2 Å². The largest absolute Gasteiger partial charge is 0.513 e. The van der Waals surface area contributed by atoms with Gasteiger partial charge >= 0.3 is 18.1 Å². The van der Waals surface area contributed by atoms with Gasteiger partial charge < -0.3 is 33.9 Å². The van der Waals surface area contributed by atoms with E-state index in [1.807, 2.05) is 153 Å². The van der Waals surface area contributed by atoms with Gasteiger partial charge in [0.25, 0.3) is 17.5 Å². The van der Waals surface area contributed by atoms with E-state index in [1.165, 1.54) is 29.2 Å². The first-order valence-corrected chi connectivity index (χ1v) is 26.0. The molecule has 17 nitrogen and oxygen atoms in total. The highest BCUT2D eigenvalue weighted by Gasteiger charge is 2.64. The zero-order chi connectivity index (χ0) is 56.0. The van der Waals surface area contributed by atoms with Crippen LogP contribution in [0, 0.1) is 20.9 Å². The predicted molar refractivity (Wildman–Crippen MR) is 293 cm³/mol. The molecular formula is C63H55N5O12. The van der Waals surface area contributed by atoms with Crippen LogP contribution >= 0.6 is 0 Å². The maximum atomic E-state index is 14.2. The molecule has 2 amide bonds. The number of non-ortho nitro benzene ring substituents is 1. The van der Waals surface area contributed by atoms with E-state index in [4.69, 9.17) is 18.9 Å². The van der Waals surface area contributed by atoms with Crippen molar-refractivity contribution >= 4 is 47.7 Å². The first-order chi connectivity index (χ1) is 38.7. The highest BCUT2D eigenvalue weighted by Crippen LogP contribution is 2.52. The molecule has 4 fully saturated rings. The lowest BCUT2D eigenvalue weighted by atomic mass is 9.81. The summed E-state index contributed by atoms with van der Waals surface area (Å²) >= 11 is 0. The van der Waals surface area contributed by atoms with Crippen molar-refractivity contribution in [3.8, 4) is 5.75 Å². The van der Waals surface area contributed by atoms with Crippen LogP contribution in [-0.4, -0.2) is 97.1 Å². The van der Waals surface area contributed by atoms with Gasteiger partial charge in [0.05, 0.1) is 35.0 Å². The molecule has 4 aliphatic heterocycles. The molecule has 404 valence electrons. The standard InChI is InChI=1S/C35H29N3O8.C28H26N2O4/c1-35(22-44-34(41)45-27-17-15-26(16-18-27)38(42)43)21-29-28(20-25-14-8-9-19-36-25)32(39)37(29)31(35)33(40)46-30(23-10-4-2-5-11-23)24-12-6-3-7-13-24;1-28(18-31)17-23-22(16-21-14-8-9-15-29-21)26(32)30(23)25(28)27(33)34-24(19-10-4-2-5-11-19)20-12-6-3-7-13-20/h2-20,29-31H,21-22H2,1H3;2-16,23-25,31H,17-18H2,1H3/b28-20+;22-16+/t29?,31-,35-;23?,25-,28-/m00/s1. The minimum Gasteiger partial charge on any atom is -0.451 e. The summed E-state index contributed by atoms with van der Waals surface area (Å²) in [6, 6.07) is 50.9. The van der Waals surface area contributed by atoms with Crippen molar-refractivity contribution in [3.63, 3.8) is 0 Å². The molecule has 0 bridgehead atoms. The monoisotopic (exact) mass is 1070 g/mol. The lowest BCUT2D eigenvalue weighted by Gasteiger charge is -2.41. The summed E-state index contributed by atoms with van der Waals surface area (Å²) in [6.07, 6.45) is 5.15. The van der Waals surface area contributed by atoms with E-state index >= 15 is 0 Å². The van der Waals surface area contributed by atoms with Crippen molar-refractivity contribution < 1.29 is 52.9 Å². The molecule has 2 aromatic heterocycles. The molecule has 4 saturated heterocycles. The van der Waals surface area contributed by atoms with Gasteiger partial charge in [-0.2, -0.15) is 0 Å². The van der Waals surface area contributed by atoms with E-state index in [0.29, 0.717) is 35.4 Å². The summed E-state index contributed by atoms with van der Waals surface area (Å²) in [6.45, 7) is 3.10. The Morgan fingerprint density at radius 1 is 0.600 bits per heavy atom. The van der Waals surface area contributed by atoms with Crippen LogP contribution in [0.1, 0.15) is 72.5 Å². The Kier molecular flexibility index (Phi) is 15.6. The number of hydrogen-bond donors (Lipinski definition) is 1. The Bertz CT molecular complexity index is 3370. The molecule has 0 aliphatic carbocycles. The number of rotatable bonds is 15. The van der Waals surface area contributed by atoms with Crippen LogP contribution < -0.4 is 4.74 Å². The number of esters is 2. The number of amides is 2. The summed E-state index contributed by atoms with van der Waals surface area (Å²) in [5.74, 6) is -1.64. The average Bonchev–Trinajstić information content (AvgIpc) is 4.02. The fourth-order valence-corrected chi connectivity index (χ4v) is 11.0. The van der Waals surface area contributed by atoms with E-state index in [-0.39, 0.29) is 42.5 Å². The van der Waals surface area contributed by atoms with Crippen LogP contribution in [0.4, 0.5) is 10.5 Å². The van der Waals surface area contributed by atoms with Gasteiger partial charge in [-0.3, -0.25) is 29.7 Å². The van der Waals surface area contributed by atoms with E-state index in [2.05, 4.69) is 9.97 Å². The fourth-order valence-electron chi connectivity index (χ4n) is 11.0. The molecule has 2 unspecified atom stereocenters. The Morgan fingerprint density at radius 3 is 1.36 bits per heavy atom. The number of carbonyl (C=O) groups excluding carboxylic acids is 5. The van der Waals surface area contributed by atoms with E-state index < -0.39 is 64.2 Å². The molecule has 11 rings (SSSR count). The van der Waals surface area contributed by atoms with Crippen LogP contribution in [0.3, 0.4) is 0 Å². The number of nitrogens with zero attached hydrogens (tertiary/aromatic N) is 5. The molecule has 6 atom stereocenters. The number of carbonyl (C=O) groups is 5. The fraction of sp³-hybridized carbons (Fsp3) is 0.222. The number of nitro groups is 1. The maximum absolute atomic E-state index is 14.2. The molecule has 5 aromatic carbocycles. The number of nitro benzene ring substituents is 1. The molecule has 0 radical (unpaired) electrons. The molecule has 6 heterocycles. The van der Waals surface area contributed by atoms with Crippen molar-refractivity contribution in [1.82, 2.24) is 19.8 Å². The summed E-state index contributed by atoms with van der Waals surface area (Å²) < 4.78 is 23.0. The Hall–Kier alpha value is -9.61. The third-order valence-electron chi connectivity index (χ3n) is 15.0. The first kappa shape index (κ1) is 53.8. The smallest absolute Gasteiger partial charge is 0.451 e. The van der Waals surface area contributed by atoms with Crippen molar-refractivity contribution in [2.45, 2.75) is 63.1 Å². The second-order valence-electron chi connectivity index (χ2n) is 20.5. The van der Waals surface area contributed by atoms with Crippen molar-refractivity contribution in [3.05, 3.63) is 249 Å². The second-order valence-corrected chi connectivity index (χ2v) is 20.5. The molecule has 0 saturated carbocycles. The summed E-state index contributed by atoms with van der Waals surface area (Å²) in [7, 11) is 0. The Morgan fingerprint density at radius 2 is 0.988 bits per heavy atom. The highest BCUT2D eigenvalue weighted by molar-refractivity contribution is 6.09. The van der Waals surface area contributed by atoms with Gasteiger partial charge in [-0.15, -0.1) is 0 Å². The lowest BCUT2D eigenvalue weighted by molar-refractivity contribution is -0.384.